The van der Waals surface area contributed by atoms with Crippen LogP contribution in [0.2, 0.25) is 0 Å². The van der Waals surface area contributed by atoms with Gasteiger partial charge >= 0.3 is 5.97 Å². The van der Waals surface area contributed by atoms with Gasteiger partial charge in [0.25, 0.3) is 0 Å². The predicted molar refractivity (Wildman–Crippen MR) is 82.2 cm³/mol. The van der Waals surface area contributed by atoms with Gasteiger partial charge in [0.05, 0.1) is 12.7 Å². The summed E-state index contributed by atoms with van der Waals surface area (Å²) in [6, 6.07) is 8.94. The van der Waals surface area contributed by atoms with Crippen molar-refractivity contribution in [2.24, 2.45) is 0 Å². The highest BCUT2D eigenvalue weighted by Gasteiger charge is 2.35. The average Bonchev–Trinajstić information content (AvgIpc) is 2.96. The SMILES string of the molecule is COC(=O)c1ccccc1CNC1CCN2CCCCC12. The molecule has 0 aliphatic carbocycles. The van der Waals surface area contributed by atoms with Gasteiger partial charge in [0.15, 0.2) is 0 Å². The Morgan fingerprint density at radius 1 is 1.29 bits per heavy atom. The number of carbonyl (C=O) groups is 1. The summed E-state index contributed by atoms with van der Waals surface area (Å²) in [6.45, 7) is 3.20. The first kappa shape index (κ1) is 14.5. The summed E-state index contributed by atoms with van der Waals surface area (Å²) in [5.74, 6) is -0.252. The van der Waals surface area contributed by atoms with Gasteiger partial charge in [0.1, 0.15) is 0 Å². The molecule has 2 heterocycles. The first-order chi connectivity index (χ1) is 10.3. The third kappa shape index (κ3) is 3.11. The third-order valence-electron chi connectivity index (χ3n) is 4.83. The maximum Gasteiger partial charge on any atom is 0.338 e. The van der Waals surface area contributed by atoms with Gasteiger partial charge in [-0.1, -0.05) is 24.6 Å². The van der Waals surface area contributed by atoms with Gasteiger partial charge in [-0.3, -0.25) is 4.90 Å². The van der Waals surface area contributed by atoms with Crippen LogP contribution in [-0.2, 0) is 11.3 Å². The molecule has 4 nitrogen and oxygen atoms in total. The van der Waals surface area contributed by atoms with Crippen LogP contribution < -0.4 is 5.32 Å². The fourth-order valence-electron chi connectivity index (χ4n) is 3.71. The molecule has 3 rings (SSSR count). The molecule has 2 aliphatic heterocycles. The molecule has 2 unspecified atom stereocenters. The van der Waals surface area contributed by atoms with Gasteiger partial charge in [-0.15, -0.1) is 0 Å². The largest absolute Gasteiger partial charge is 0.465 e. The van der Waals surface area contributed by atoms with Crippen molar-refractivity contribution >= 4 is 5.97 Å². The number of esters is 1. The molecule has 21 heavy (non-hydrogen) atoms. The summed E-state index contributed by atoms with van der Waals surface area (Å²) in [5, 5.41) is 3.67. The lowest BCUT2D eigenvalue weighted by atomic mass is 9.98. The van der Waals surface area contributed by atoms with E-state index in [0.29, 0.717) is 17.6 Å². The predicted octanol–water partition coefficient (Wildman–Crippen LogP) is 2.19. The maximum atomic E-state index is 11.8. The molecule has 0 spiro atoms. The molecule has 4 heteroatoms. The third-order valence-corrected chi connectivity index (χ3v) is 4.83. The molecule has 0 bridgehead atoms. The van der Waals surface area contributed by atoms with Crippen molar-refractivity contribution in [3.63, 3.8) is 0 Å². The van der Waals surface area contributed by atoms with Gasteiger partial charge in [0, 0.05) is 25.2 Å². The van der Waals surface area contributed by atoms with Crippen LogP contribution in [0.15, 0.2) is 24.3 Å². The summed E-state index contributed by atoms with van der Waals surface area (Å²) in [7, 11) is 1.43. The first-order valence-electron chi connectivity index (χ1n) is 7.93. The molecule has 1 aromatic rings. The van der Waals surface area contributed by atoms with Crippen molar-refractivity contribution < 1.29 is 9.53 Å². The fraction of sp³-hybridized carbons (Fsp3) is 0.588. The van der Waals surface area contributed by atoms with Gasteiger partial charge in [0.2, 0.25) is 0 Å². The lowest BCUT2D eigenvalue weighted by Gasteiger charge is -2.32. The van der Waals surface area contributed by atoms with E-state index >= 15 is 0 Å². The van der Waals surface area contributed by atoms with E-state index < -0.39 is 0 Å². The van der Waals surface area contributed by atoms with Crippen molar-refractivity contribution in [1.82, 2.24) is 10.2 Å². The molecule has 2 aliphatic rings. The minimum Gasteiger partial charge on any atom is -0.465 e. The lowest BCUT2D eigenvalue weighted by Crippen LogP contribution is -2.44. The second-order valence-electron chi connectivity index (χ2n) is 6.02. The second-order valence-corrected chi connectivity index (χ2v) is 6.02. The van der Waals surface area contributed by atoms with E-state index in [1.54, 1.807) is 0 Å². The topological polar surface area (TPSA) is 41.6 Å². The normalized spacial score (nSPS) is 25.6. The van der Waals surface area contributed by atoms with Crippen molar-refractivity contribution in [3.05, 3.63) is 35.4 Å². The molecule has 2 saturated heterocycles. The van der Waals surface area contributed by atoms with E-state index in [4.69, 9.17) is 4.74 Å². The zero-order valence-corrected chi connectivity index (χ0v) is 12.7. The molecule has 2 atom stereocenters. The Labute approximate surface area is 126 Å². The Morgan fingerprint density at radius 2 is 2.14 bits per heavy atom. The highest BCUT2D eigenvalue weighted by atomic mass is 16.5. The number of fused-ring (bicyclic) bond motifs is 1. The Morgan fingerprint density at radius 3 is 3.00 bits per heavy atom. The van der Waals surface area contributed by atoms with E-state index in [1.165, 1.54) is 45.9 Å². The summed E-state index contributed by atoms with van der Waals surface area (Å²) >= 11 is 0. The smallest absolute Gasteiger partial charge is 0.338 e. The van der Waals surface area contributed by atoms with Crippen LogP contribution in [0.5, 0.6) is 0 Å². The molecular formula is C17H24N2O2. The standard InChI is InChI=1S/C17H24N2O2/c1-21-17(20)14-7-3-2-6-13(14)12-18-15-9-11-19-10-5-4-8-16(15)19/h2-3,6-7,15-16,18H,4-5,8-12H2,1H3. The van der Waals surface area contributed by atoms with Crippen molar-refractivity contribution in [2.75, 3.05) is 20.2 Å². The number of carbonyl (C=O) groups excluding carboxylic acids is 1. The number of ether oxygens (including phenoxy) is 1. The number of hydrogen-bond acceptors (Lipinski definition) is 4. The summed E-state index contributed by atoms with van der Waals surface area (Å²) in [4.78, 5) is 14.4. The number of hydrogen-bond donors (Lipinski definition) is 1. The van der Waals surface area contributed by atoms with Crippen LogP contribution in [0, 0.1) is 0 Å². The van der Waals surface area contributed by atoms with E-state index in [1.807, 2.05) is 24.3 Å². The van der Waals surface area contributed by atoms with Crippen molar-refractivity contribution in [2.45, 2.75) is 44.3 Å². The number of nitrogens with zero attached hydrogens (tertiary/aromatic N) is 1. The highest BCUT2D eigenvalue weighted by molar-refractivity contribution is 5.90. The van der Waals surface area contributed by atoms with Gasteiger partial charge in [-0.25, -0.2) is 4.79 Å². The minimum absolute atomic E-state index is 0.252. The molecule has 0 amide bonds. The zero-order chi connectivity index (χ0) is 14.7. The number of nitrogens with one attached hydrogen (secondary N) is 1. The molecule has 0 radical (unpaired) electrons. The second kappa shape index (κ2) is 6.58. The monoisotopic (exact) mass is 288 g/mol. The Balaban J connectivity index is 1.64. The molecule has 1 aromatic carbocycles. The Kier molecular flexibility index (Phi) is 4.56. The first-order valence-corrected chi connectivity index (χ1v) is 7.93. The van der Waals surface area contributed by atoms with Gasteiger partial charge in [-0.05, 0) is 37.4 Å². The van der Waals surface area contributed by atoms with Gasteiger partial charge in [-0.2, -0.15) is 0 Å². The number of rotatable bonds is 4. The van der Waals surface area contributed by atoms with Crippen molar-refractivity contribution in [1.29, 1.82) is 0 Å². The van der Waals surface area contributed by atoms with E-state index in [2.05, 4.69) is 10.2 Å². The highest BCUT2D eigenvalue weighted by Crippen LogP contribution is 2.27. The number of benzene rings is 1. The quantitative estimate of drug-likeness (QED) is 0.862. The van der Waals surface area contributed by atoms with Crippen LogP contribution >= 0.6 is 0 Å². The molecule has 0 saturated carbocycles. The van der Waals surface area contributed by atoms with Crippen molar-refractivity contribution in [3.8, 4) is 0 Å². The molecule has 1 N–H and O–H groups in total. The van der Waals surface area contributed by atoms with Crippen LogP contribution in [0.1, 0.15) is 41.6 Å². The zero-order valence-electron chi connectivity index (χ0n) is 12.7. The fourth-order valence-corrected chi connectivity index (χ4v) is 3.71. The van der Waals surface area contributed by atoms with Crippen LogP contribution in [0.4, 0.5) is 0 Å². The van der Waals surface area contributed by atoms with Crippen LogP contribution in [-0.4, -0.2) is 43.2 Å². The summed E-state index contributed by atoms with van der Waals surface area (Å²) in [6.07, 6.45) is 5.20. The molecule has 2 fully saturated rings. The molecule has 0 aromatic heterocycles. The maximum absolute atomic E-state index is 11.8. The minimum atomic E-state index is -0.252. The summed E-state index contributed by atoms with van der Waals surface area (Å²) in [5.41, 5.74) is 1.70. The molecular weight excluding hydrogens is 264 g/mol. The molecule has 114 valence electrons. The Hall–Kier alpha value is -1.39. The van der Waals surface area contributed by atoms with E-state index in [0.717, 1.165) is 12.1 Å². The number of piperidine rings is 1. The Bertz CT molecular complexity index is 503. The average molecular weight is 288 g/mol. The number of methoxy groups -OCH3 is 1. The van der Waals surface area contributed by atoms with E-state index in [-0.39, 0.29) is 5.97 Å². The van der Waals surface area contributed by atoms with Crippen LogP contribution in [0.25, 0.3) is 0 Å². The summed E-state index contributed by atoms with van der Waals surface area (Å²) < 4.78 is 4.86. The van der Waals surface area contributed by atoms with Gasteiger partial charge < -0.3 is 10.1 Å². The lowest BCUT2D eigenvalue weighted by molar-refractivity contribution is 0.0599. The van der Waals surface area contributed by atoms with Crippen LogP contribution in [0.3, 0.4) is 0 Å². The van der Waals surface area contributed by atoms with E-state index in [9.17, 15) is 4.79 Å².